The molecule has 21 heavy (non-hydrogen) atoms. The van der Waals surface area contributed by atoms with E-state index in [1.165, 1.54) is 30.6 Å². The Morgan fingerprint density at radius 1 is 1.33 bits per heavy atom. The van der Waals surface area contributed by atoms with Crippen molar-refractivity contribution in [3.8, 4) is 5.75 Å². The summed E-state index contributed by atoms with van der Waals surface area (Å²) in [6, 6.07) is 4.58. The third-order valence-corrected chi connectivity index (χ3v) is 5.45. The number of aliphatic hydroxyl groups excluding tert-OH is 1. The largest absolute Gasteiger partial charge is 0.495 e. The van der Waals surface area contributed by atoms with Crippen LogP contribution in [-0.4, -0.2) is 20.6 Å². The summed E-state index contributed by atoms with van der Waals surface area (Å²) in [5.74, 6) is 0.252. The van der Waals surface area contributed by atoms with E-state index in [-0.39, 0.29) is 23.8 Å². The second-order valence-electron chi connectivity index (χ2n) is 4.55. The topological polar surface area (TPSA) is 75.6 Å². The minimum atomic E-state index is -3.71. The summed E-state index contributed by atoms with van der Waals surface area (Å²) in [5.41, 5.74) is 2.52. The Morgan fingerprint density at radius 3 is 2.67 bits per heavy atom. The van der Waals surface area contributed by atoms with Crippen LogP contribution in [0.2, 0.25) is 0 Å². The molecule has 1 aromatic heterocycles. The first-order valence-electron chi connectivity index (χ1n) is 6.27. The number of aliphatic hydroxyl groups is 1. The summed E-state index contributed by atoms with van der Waals surface area (Å²) >= 11 is 1.53. The molecule has 5 nitrogen and oxygen atoms in total. The van der Waals surface area contributed by atoms with Crippen molar-refractivity contribution in [3.05, 3.63) is 45.6 Å². The molecule has 1 heterocycles. The fraction of sp³-hybridized carbons (Fsp3) is 0.286. The van der Waals surface area contributed by atoms with E-state index in [1.54, 1.807) is 6.07 Å². The number of hydrogen-bond acceptors (Lipinski definition) is 5. The van der Waals surface area contributed by atoms with Gasteiger partial charge in [-0.1, -0.05) is 6.07 Å². The van der Waals surface area contributed by atoms with Crippen molar-refractivity contribution in [3.63, 3.8) is 0 Å². The van der Waals surface area contributed by atoms with Crippen molar-refractivity contribution in [2.45, 2.75) is 25.0 Å². The zero-order chi connectivity index (χ0) is 15.5. The van der Waals surface area contributed by atoms with Crippen LogP contribution in [-0.2, 0) is 23.2 Å². The van der Waals surface area contributed by atoms with Crippen LogP contribution in [0.1, 0.15) is 16.7 Å². The number of rotatable bonds is 6. The van der Waals surface area contributed by atoms with E-state index < -0.39 is 10.0 Å². The third-order valence-electron chi connectivity index (χ3n) is 3.11. The minimum Gasteiger partial charge on any atom is -0.495 e. The molecule has 0 aliphatic heterocycles. The molecule has 0 saturated carbocycles. The molecule has 0 unspecified atom stereocenters. The Labute approximate surface area is 128 Å². The number of nitrogens with one attached hydrogen (secondary N) is 1. The standard InChI is InChI=1S/C14H17NO4S2/c1-10-8-20-9-12(10)6-15-21(17,18)14-5-11(7-16)3-4-13(14)19-2/h3-5,8-9,15-16H,6-7H2,1-2H3. The molecule has 114 valence electrons. The van der Waals surface area contributed by atoms with Gasteiger partial charge < -0.3 is 9.84 Å². The smallest absolute Gasteiger partial charge is 0.244 e. The van der Waals surface area contributed by atoms with Gasteiger partial charge in [-0.15, -0.1) is 0 Å². The van der Waals surface area contributed by atoms with Gasteiger partial charge in [0.15, 0.2) is 0 Å². The second-order valence-corrected chi connectivity index (χ2v) is 7.03. The maximum atomic E-state index is 12.4. The van der Waals surface area contributed by atoms with Crippen molar-refractivity contribution < 1.29 is 18.3 Å². The van der Waals surface area contributed by atoms with Crippen LogP contribution in [0.15, 0.2) is 33.9 Å². The van der Waals surface area contributed by atoms with Gasteiger partial charge in [-0.05, 0) is 46.5 Å². The lowest BCUT2D eigenvalue weighted by Gasteiger charge is -2.12. The zero-order valence-electron chi connectivity index (χ0n) is 11.8. The molecule has 0 bridgehead atoms. The molecule has 0 saturated heterocycles. The predicted molar refractivity (Wildman–Crippen MR) is 82.0 cm³/mol. The average molecular weight is 327 g/mol. The molecular formula is C14H17NO4S2. The number of thiophene rings is 1. The number of hydrogen-bond donors (Lipinski definition) is 2. The highest BCUT2D eigenvalue weighted by Gasteiger charge is 2.20. The monoisotopic (exact) mass is 327 g/mol. The number of methoxy groups -OCH3 is 1. The highest BCUT2D eigenvalue weighted by molar-refractivity contribution is 7.89. The molecular weight excluding hydrogens is 310 g/mol. The van der Waals surface area contributed by atoms with E-state index in [2.05, 4.69) is 4.72 Å². The van der Waals surface area contributed by atoms with Gasteiger partial charge in [0.2, 0.25) is 10.0 Å². The third kappa shape index (κ3) is 3.62. The van der Waals surface area contributed by atoms with Crippen molar-refractivity contribution in [1.82, 2.24) is 4.72 Å². The molecule has 0 aliphatic carbocycles. The van der Waals surface area contributed by atoms with Crippen molar-refractivity contribution in [2.24, 2.45) is 0 Å². The fourth-order valence-electron chi connectivity index (χ4n) is 1.85. The number of ether oxygens (including phenoxy) is 1. The first-order valence-corrected chi connectivity index (χ1v) is 8.69. The molecule has 1 aromatic carbocycles. The van der Waals surface area contributed by atoms with Crippen LogP contribution in [0.25, 0.3) is 0 Å². The quantitative estimate of drug-likeness (QED) is 0.851. The summed E-state index contributed by atoms with van der Waals surface area (Å²) in [5, 5.41) is 13.0. The summed E-state index contributed by atoms with van der Waals surface area (Å²) in [6.07, 6.45) is 0. The van der Waals surface area contributed by atoms with E-state index in [0.29, 0.717) is 5.56 Å². The lowest BCUT2D eigenvalue weighted by atomic mass is 10.2. The van der Waals surface area contributed by atoms with Gasteiger partial charge in [-0.25, -0.2) is 13.1 Å². The minimum absolute atomic E-state index is 0.0319. The van der Waals surface area contributed by atoms with Crippen LogP contribution in [0.5, 0.6) is 5.75 Å². The van der Waals surface area contributed by atoms with E-state index in [9.17, 15) is 8.42 Å². The SMILES string of the molecule is COc1ccc(CO)cc1S(=O)(=O)NCc1cscc1C. The Bertz CT molecular complexity index is 722. The molecule has 7 heteroatoms. The van der Waals surface area contributed by atoms with Crippen LogP contribution >= 0.6 is 11.3 Å². The molecule has 2 aromatic rings. The normalized spacial score (nSPS) is 11.6. The highest BCUT2D eigenvalue weighted by Crippen LogP contribution is 2.25. The summed E-state index contributed by atoms with van der Waals surface area (Å²) in [4.78, 5) is 0.0319. The maximum Gasteiger partial charge on any atom is 0.244 e. The van der Waals surface area contributed by atoms with E-state index >= 15 is 0 Å². The molecule has 0 aliphatic rings. The molecule has 0 atom stereocenters. The van der Waals surface area contributed by atoms with E-state index in [1.807, 2.05) is 17.7 Å². The molecule has 0 radical (unpaired) electrons. The summed E-state index contributed by atoms with van der Waals surface area (Å²) in [7, 11) is -2.30. The first kappa shape index (κ1) is 16.0. The van der Waals surface area contributed by atoms with Gasteiger partial charge in [0, 0.05) is 6.54 Å². The molecule has 0 spiro atoms. The Morgan fingerprint density at radius 2 is 2.10 bits per heavy atom. The lowest BCUT2D eigenvalue weighted by Crippen LogP contribution is -2.24. The Balaban J connectivity index is 2.28. The van der Waals surface area contributed by atoms with Crippen LogP contribution in [0.3, 0.4) is 0 Å². The van der Waals surface area contributed by atoms with Crippen molar-refractivity contribution >= 4 is 21.4 Å². The van der Waals surface area contributed by atoms with Crippen molar-refractivity contribution in [1.29, 1.82) is 0 Å². The van der Waals surface area contributed by atoms with E-state index in [4.69, 9.17) is 9.84 Å². The van der Waals surface area contributed by atoms with Gasteiger partial charge >= 0.3 is 0 Å². The Hall–Kier alpha value is -1.41. The van der Waals surface area contributed by atoms with Crippen LogP contribution in [0.4, 0.5) is 0 Å². The van der Waals surface area contributed by atoms with Gasteiger partial charge in [0.25, 0.3) is 0 Å². The maximum absolute atomic E-state index is 12.4. The second kappa shape index (κ2) is 6.57. The van der Waals surface area contributed by atoms with Crippen molar-refractivity contribution in [2.75, 3.05) is 7.11 Å². The number of sulfonamides is 1. The number of benzene rings is 1. The average Bonchev–Trinajstić information content (AvgIpc) is 2.90. The van der Waals surface area contributed by atoms with E-state index in [0.717, 1.165) is 11.1 Å². The molecule has 0 fully saturated rings. The highest BCUT2D eigenvalue weighted by atomic mass is 32.2. The summed E-state index contributed by atoms with van der Waals surface area (Å²) < 4.78 is 32.5. The predicted octanol–water partition coefficient (Wildman–Crippen LogP) is 2.04. The summed E-state index contributed by atoms with van der Waals surface area (Å²) in [6.45, 7) is 1.94. The lowest BCUT2D eigenvalue weighted by molar-refractivity contribution is 0.281. The molecule has 0 amide bonds. The van der Waals surface area contributed by atoms with Crippen LogP contribution in [0, 0.1) is 6.92 Å². The van der Waals surface area contributed by atoms with Gasteiger partial charge in [0.1, 0.15) is 10.6 Å². The number of aryl methyl sites for hydroxylation is 1. The van der Waals surface area contributed by atoms with Gasteiger partial charge in [0.05, 0.1) is 13.7 Å². The fourth-order valence-corrected chi connectivity index (χ4v) is 3.93. The Kier molecular flexibility index (Phi) is 5.00. The molecule has 2 N–H and O–H groups in total. The zero-order valence-corrected chi connectivity index (χ0v) is 13.4. The molecule has 2 rings (SSSR count). The van der Waals surface area contributed by atoms with Gasteiger partial charge in [-0.2, -0.15) is 11.3 Å². The first-order chi connectivity index (χ1) is 9.97. The van der Waals surface area contributed by atoms with Crippen LogP contribution < -0.4 is 9.46 Å². The van der Waals surface area contributed by atoms with Gasteiger partial charge in [-0.3, -0.25) is 0 Å².